The number of fused-ring (bicyclic) bond motifs is 2. The molecule has 0 aromatic carbocycles. The largest absolute Gasteiger partial charge is 0.472 e. The third kappa shape index (κ3) is 2.63. The maximum Gasteiger partial charge on any atom is 0.472 e. The fraction of sp³-hybridized carbons (Fsp3) is 1.00. The van der Waals surface area contributed by atoms with Crippen LogP contribution in [0.1, 0.15) is 47.5 Å². The van der Waals surface area contributed by atoms with E-state index in [1.54, 1.807) is 0 Å². The fourth-order valence-electron chi connectivity index (χ4n) is 3.95. The van der Waals surface area contributed by atoms with Gasteiger partial charge < -0.3 is 20.5 Å². The summed E-state index contributed by atoms with van der Waals surface area (Å²) in [6, 6.07) is 0. The van der Waals surface area contributed by atoms with Crippen molar-refractivity contribution in [2.45, 2.75) is 65.1 Å². The van der Waals surface area contributed by atoms with Crippen LogP contribution in [-0.4, -0.2) is 34.9 Å². The lowest BCUT2D eigenvalue weighted by molar-refractivity contribution is -0.239. The first kappa shape index (κ1) is 18.2. The first-order chi connectivity index (χ1) is 8.60. The van der Waals surface area contributed by atoms with Crippen molar-refractivity contribution in [3.05, 3.63) is 0 Å². The number of hydrogen-bond acceptors (Lipinski definition) is 4. The van der Waals surface area contributed by atoms with Crippen LogP contribution >= 0.6 is 12.4 Å². The van der Waals surface area contributed by atoms with Crippen LogP contribution in [0, 0.1) is 23.2 Å². The zero-order valence-corrected chi connectivity index (χ0v) is 14.0. The quantitative estimate of drug-likeness (QED) is 0.690. The maximum atomic E-state index is 10.4. The van der Waals surface area contributed by atoms with Crippen LogP contribution < -0.4 is 5.73 Å². The molecule has 0 aromatic heterocycles. The summed E-state index contributed by atoms with van der Waals surface area (Å²) < 4.78 is 5.88. The zero-order valence-electron chi connectivity index (χ0n) is 13.2. The molecule has 2 bridgehead atoms. The van der Waals surface area contributed by atoms with Gasteiger partial charge in [-0.3, -0.25) is 0 Å². The summed E-state index contributed by atoms with van der Waals surface area (Å²) in [5.41, 5.74) is 5.44. The molecule has 3 rings (SSSR count). The van der Waals surface area contributed by atoms with Gasteiger partial charge in [0.25, 0.3) is 0 Å². The summed E-state index contributed by atoms with van der Waals surface area (Å²) in [4.78, 5) is 0. The van der Waals surface area contributed by atoms with Crippen LogP contribution in [0.25, 0.3) is 0 Å². The van der Waals surface area contributed by atoms with Crippen molar-refractivity contribution >= 4 is 19.5 Å². The number of rotatable bonds is 4. The third-order valence-electron chi connectivity index (χ3n) is 5.81. The van der Waals surface area contributed by atoms with Crippen LogP contribution in [0.3, 0.4) is 0 Å². The van der Waals surface area contributed by atoms with Crippen molar-refractivity contribution in [3.63, 3.8) is 0 Å². The predicted molar refractivity (Wildman–Crippen MR) is 83.5 cm³/mol. The molecule has 0 aromatic rings. The van der Waals surface area contributed by atoms with E-state index in [1.165, 1.54) is 0 Å². The van der Waals surface area contributed by atoms with E-state index in [4.69, 9.17) is 10.4 Å². The second-order valence-electron chi connectivity index (χ2n) is 7.57. The van der Waals surface area contributed by atoms with Gasteiger partial charge in [-0.15, -0.1) is 12.4 Å². The number of halogens is 1. The topological polar surface area (TPSA) is 75.7 Å². The van der Waals surface area contributed by atoms with E-state index in [2.05, 4.69) is 13.8 Å². The molecule has 3 saturated carbocycles. The summed E-state index contributed by atoms with van der Waals surface area (Å²) >= 11 is 0. The van der Waals surface area contributed by atoms with Crippen LogP contribution in [0.2, 0.25) is 0 Å². The number of hydrogen-bond donors (Lipinski definition) is 3. The molecule has 20 heavy (non-hydrogen) atoms. The molecule has 0 spiro atoms. The highest BCUT2D eigenvalue weighted by atomic mass is 35.5. The Balaban J connectivity index is 0.00000200. The Morgan fingerprint density at radius 3 is 2.25 bits per heavy atom. The van der Waals surface area contributed by atoms with Crippen molar-refractivity contribution in [1.82, 2.24) is 0 Å². The molecule has 0 heterocycles. The van der Waals surface area contributed by atoms with Gasteiger partial charge in [-0.1, -0.05) is 27.7 Å². The van der Waals surface area contributed by atoms with Crippen molar-refractivity contribution in [3.8, 4) is 0 Å². The lowest BCUT2D eigenvalue weighted by Gasteiger charge is -2.66. The van der Waals surface area contributed by atoms with Crippen LogP contribution in [-0.2, 0) is 4.65 Å². The second kappa shape index (κ2) is 5.77. The van der Waals surface area contributed by atoms with Crippen molar-refractivity contribution < 1.29 is 14.8 Å². The van der Waals surface area contributed by atoms with Gasteiger partial charge in [0.1, 0.15) is 0 Å². The maximum absolute atomic E-state index is 10.4. The standard InChI is InChI=1S/C14H28BNO3.ClH/c1-8(2)12(16)15(18)19-14(5)10-6-9(7-11(14)17)13(10,3)4;/h8-12,17-18H,6-7,16H2,1-5H3;1H/t9-,10-,11+,12-,14-;/m0./s1. The lowest BCUT2D eigenvalue weighted by atomic mass is 9.43. The van der Waals surface area contributed by atoms with E-state index in [0.29, 0.717) is 5.92 Å². The Labute approximate surface area is 129 Å². The molecule has 4 nitrogen and oxygen atoms in total. The summed E-state index contributed by atoms with van der Waals surface area (Å²) in [5, 5.41) is 20.5. The molecule has 3 aliphatic rings. The Morgan fingerprint density at radius 1 is 1.25 bits per heavy atom. The molecule has 5 atom stereocenters. The molecular formula is C14H29BClNO3. The van der Waals surface area contributed by atoms with E-state index in [-0.39, 0.29) is 29.7 Å². The normalized spacial score (nSPS) is 39.8. The molecule has 0 aliphatic heterocycles. The summed E-state index contributed by atoms with van der Waals surface area (Å²) in [5.74, 6) is 0.564. The first-order valence-electron chi connectivity index (χ1n) is 7.40. The van der Waals surface area contributed by atoms with E-state index >= 15 is 0 Å². The smallest absolute Gasteiger partial charge is 0.426 e. The number of nitrogens with two attached hydrogens (primary N) is 1. The minimum absolute atomic E-state index is 0. The molecule has 4 N–H and O–H groups in total. The van der Waals surface area contributed by atoms with Gasteiger partial charge in [0.05, 0.1) is 11.7 Å². The van der Waals surface area contributed by atoms with E-state index in [0.717, 1.165) is 12.8 Å². The molecule has 0 radical (unpaired) electrons. The molecule has 3 aliphatic carbocycles. The molecule has 3 fully saturated rings. The lowest BCUT2D eigenvalue weighted by Crippen LogP contribution is -2.69. The average molecular weight is 306 g/mol. The van der Waals surface area contributed by atoms with Crippen LogP contribution in [0.5, 0.6) is 0 Å². The monoisotopic (exact) mass is 305 g/mol. The summed E-state index contributed by atoms with van der Waals surface area (Å²) in [7, 11) is -1.02. The Hall–Kier alpha value is 0.195. The highest BCUT2D eigenvalue weighted by molar-refractivity contribution is 6.45. The van der Waals surface area contributed by atoms with Crippen LogP contribution in [0.4, 0.5) is 0 Å². The van der Waals surface area contributed by atoms with Gasteiger partial charge >= 0.3 is 7.12 Å². The van der Waals surface area contributed by atoms with Crippen molar-refractivity contribution in [1.29, 1.82) is 0 Å². The molecule has 0 saturated heterocycles. The summed E-state index contributed by atoms with van der Waals surface area (Å²) in [6.07, 6.45) is 1.31. The zero-order chi connectivity index (χ0) is 14.6. The van der Waals surface area contributed by atoms with Crippen molar-refractivity contribution in [2.75, 3.05) is 0 Å². The Morgan fingerprint density at radius 2 is 1.80 bits per heavy atom. The molecule has 118 valence electrons. The van der Waals surface area contributed by atoms with Gasteiger partial charge in [-0.2, -0.15) is 0 Å². The van der Waals surface area contributed by atoms with Gasteiger partial charge in [-0.25, -0.2) is 0 Å². The van der Waals surface area contributed by atoms with Gasteiger partial charge in [0.15, 0.2) is 0 Å². The van der Waals surface area contributed by atoms with Gasteiger partial charge in [0.2, 0.25) is 0 Å². The molecule has 6 heteroatoms. The molecule has 0 amide bonds. The Bertz CT molecular complexity index is 355. The average Bonchev–Trinajstić information content (AvgIpc) is 2.30. The SMILES string of the molecule is CC(C)[C@H](N)B(O)O[C@]1(C)[C@H](O)C[C@@H]2C[C@H]1C2(C)C.Cl. The minimum Gasteiger partial charge on any atom is -0.426 e. The highest BCUT2D eigenvalue weighted by Crippen LogP contribution is 2.63. The van der Waals surface area contributed by atoms with E-state index in [1.807, 2.05) is 20.8 Å². The third-order valence-corrected chi connectivity index (χ3v) is 5.81. The first-order valence-corrected chi connectivity index (χ1v) is 7.40. The predicted octanol–water partition coefficient (Wildman–Crippen LogP) is 1.61. The van der Waals surface area contributed by atoms with Crippen LogP contribution in [0.15, 0.2) is 0 Å². The van der Waals surface area contributed by atoms with E-state index < -0.39 is 24.8 Å². The highest BCUT2D eigenvalue weighted by Gasteiger charge is 2.64. The molecular weight excluding hydrogens is 276 g/mol. The van der Waals surface area contributed by atoms with Gasteiger partial charge in [-0.05, 0) is 42.9 Å². The number of aliphatic hydroxyl groups is 1. The van der Waals surface area contributed by atoms with E-state index in [9.17, 15) is 10.1 Å². The fourth-order valence-corrected chi connectivity index (χ4v) is 3.95. The van der Waals surface area contributed by atoms with Gasteiger partial charge in [0, 0.05) is 5.94 Å². The minimum atomic E-state index is -1.02. The second-order valence-corrected chi connectivity index (χ2v) is 7.57. The number of aliphatic hydroxyl groups excluding tert-OH is 1. The Kier molecular flexibility index (Phi) is 5.26. The van der Waals surface area contributed by atoms with Crippen molar-refractivity contribution in [2.24, 2.45) is 28.9 Å². The summed E-state index contributed by atoms with van der Waals surface area (Å²) in [6.45, 7) is 10.3. The molecule has 0 unspecified atom stereocenters.